The molecule has 1 atom stereocenters. The monoisotopic (exact) mass is 244 g/mol. The van der Waals surface area contributed by atoms with Crippen molar-refractivity contribution in [2.24, 2.45) is 5.41 Å². The Morgan fingerprint density at radius 1 is 1.44 bits per heavy atom. The summed E-state index contributed by atoms with van der Waals surface area (Å²) in [5.74, 6) is -0.335. The summed E-state index contributed by atoms with van der Waals surface area (Å²) in [6, 6.07) is 10.3. The number of hydrogen-bond acceptors (Lipinski definition) is 3. The first-order valence-corrected chi connectivity index (χ1v) is 5.82. The van der Waals surface area contributed by atoms with Crippen LogP contribution in [0, 0.1) is 33.9 Å². The summed E-state index contributed by atoms with van der Waals surface area (Å²) in [5.41, 5.74) is -1.03. The molecule has 92 valence electrons. The fourth-order valence-electron chi connectivity index (χ4n) is 2.10. The maximum Gasteiger partial charge on any atom is 0.146 e. The van der Waals surface area contributed by atoms with Crippen molar-refractivity contribution in [1.29, 1.82) is 10.5 Å². The van der Waals surface area contributed by atoms with Crippen LogP contribution in [0.2, 0.25) is 0 Å². The van der Waals surface area contributed by atoms with Gasteiger partial charge < -0.3 is 4.74 Å². The number of benzene rings is 1. The summed E-state index contributed by atoms with van der Waals surface area (Å²) >= 11 is 0. The van der Waals surface area contributed by atoms with Crippen molar-refractivity contribution in [3.63, 3.8) is 0 Å². The zero-order valence-corrected chi connectivity index (χ0v) is 10.1. The molecular weight excluding hydrogens is 231 g/mol. The number of nitriles is 2. The minimum atomic E-state index is -1.07. The van der Waals surface area contributed by atoms with E-state index >= 15 is 0 Å². The van der Waals surface area contributed by atoms with Gasteiger partial charge in [-0.1, -0.05) is 19.1 Å². The van der Waals surface area contributed by atoms with Gasteiger partial charge in [0.2, 0.25) is 0 Å². The van der Waals surface area contributed by atoms with Crippen molar-refractivity contribution in [1.82, 2.24) is 0 Å². The van der Waals surface area contributed by atoms with Crippen LogP contribution in [0.5, 0.6) is 0 Å². The van der Waals surface area contributed by atoms with Crippen LogP contribution in [-0.4, -0.2) is 6.61 Å². The van der Waals surface area contributed by atoms with Gasteiger partial charge in [-0.3, -0.25) is 0 Å². The van der Waals surface area contributed by atoms with Gasteiger partial charge in [-0.15, -0.1) is 0 Å². The largest absolute Gasteiger partial charge is 0.364 e. The molecule has 0 spiro atoms. The molecule has 2 rings (SSSR count). The van der Waals surface area contributed by atoms with Gasteiger partial charge >= 0.3 is 0 Å². The average molecular weight is 244 g/mol. The first-order chi connectivity index (χ1) is 8.60. The Bertz CT molecular complexity index is 523. The first-order valence-electron chi connectivity index (χ1n) is 5.82. The van der Waals surface area contributed by atoms with E-state index < -0.39 is 11.0 Å². The Hall–Kier alpha value is -1.91. The molecule has 0 N–H and O–H groups in total. The molecule has 0 radical (unpaired) electrons. The van der Waals surface area contributed by atoms with Crippen LogP contribution >= 0.6 is 0 Å². The SMILES string of the molecule is CCC(C#N)(C#N)CC1(c2cccc(F)c2)CO1. The van der Waals surface area contributed by atoms with E-state index in [1.807, 2.05) is 0 Å². The van der Waals surface area contributed by atoms with Crippen LogP contribution in [0.3, 0.4) is 0 Å². The molecule has 1 aliphatic heterocycles. The number of nitrogens with zero attached hydrogens (tertiary/aromatic N) is 2. The van der Waals surface area contributed by atoms with Gasteiger partial charge in [-0.25, -0.2) is 4.39 Å². The summed E-state index contributed by atoms with van der Waals surface area (Å²) in [6.45, 7) is 2.23. The van der Waals surface area contributed by atoms with Crippen LogP contribution < -0.4 is 0 Å². The van der Waals surface area contributed by atoms with E-state index in [1.54, 1.807) is 19.1 Å². The lowest BCUT2D eigenvalue weighted by Gasteiger charge is -2.21. The second kappa shape index (κ2) is 4.40. The topological polar surface area (TPSA) is 60.1 Å². The molecule has 0 saturated carbocycles. The highest BCUT2D eigenvalue weighted by molar-refractivity contribution is 5.30. The number of halogens is 1. The third kappa shape index (κ3) is 2.08. The van der Waals surface area contributed by atoms with Crippen LogP contribution in [0.15, 0.2) is 24.3 Å². The quantitative estimate of drug-likeness (QED) is 0.765. The molecule has 1 aromatic carbocycles. The van der Waals surface area contributed by atoms with E-state index in [4.69, 9.17) is 15.3 Å². The van der Waals surface area contributed by atoms with E-state index in [0.717, 1.165) is 0 Å². The molecule has 0 aliphatic carbocycles. The maximum absolute atomic E-state index is 13.2. The van der Waals surface area contributed by atoms with Crippen molar-refractivity contribution in [2.45, 2.75) is 25.4 Å². The number of hydrogen-bond donors (Lipinski definition) is 0. The van der Waals surface area contributed by atoms with E-state index in [-0.39, 0.29) is 12.2 Å². The molecule has 1 unspecified atom stereocenters. The number of epoxide rings is 1. The summed E-state index contributed by atoms with van der Waals surface area (Å²) in [5, 5.41) is 18.3. The Labute approximate surface area is 105 Å². The lowest BCUT2D eigenvalue weighted by atomic mass is 9.77. The molecule has 4 heteroatoms. The van der Waals surface area contributed by atoms with Crippen molar-refractivity contribution in [2.75, 3.05) is 6.61 Å². The lowest BCUT2D eigenvalue weighted by molar-refractivity contribution is 0.243. The van der Waals surface area contributed by atoms with Crippen molar-refractivity contribution < 1.29 is 9.13 Å². The Morgan fingerprint density at radius 2 is 2.11 bits per heavy atom. The Kier molecular flexibility index (Phi) is 3.07. The molecule has 18 heavy (non-hydrogen) atoms. The standard InChI is InChI=1S/C14H13FN2O/c1-2-13(8-16,9-17)7-14(10-18-14)11-4-3-5-12(15)6-11/h3-6H,2,7,10H2,1H3. The molecule has 1 aromatic rings. The van der Waals surface area contributed by atoms with Gasteiger partial charge in [0, 0.05) is 6.42 Å². The molecule has 0 aromatic heterocycles. The van der Waals surface area contributed by atoms with Gasteiger partial charge in [0.05, 0.1) is 18.7 Å². The zero-order valence-electron chi connectivity index (χ0n) is 10.1. The molecule has 0 amide bonds. The van der Waals surface area contributed by atoms with E-state index in [2.05, 4.69) is 12.1 Å². The van der Waals surface area contributed by atoms with E-state index in [1.165, 1.54) is 12.1 Å². The molecule has 0 bridgehead atoms. The maximum atomic E-state index is 13.2. The van der Waals surface area contributed by atoms with Gasteiger partial charge in [-0.05, 0) is 24.1 Å². The third-order valence-electron chi connectivity index (χ3n) is 3.46. The highest BCUT2D eigenvalue weighted by Crippen LogP contribution is 2.48. The second-order valence-corrected chi connectivity index (χ2v) is 4.63. The van der Waals surface area contributed by atoms with Crippen molar-refractivity contribution in [3.05, 3.63) is 35.6 Å². The summed E-state index contributed by atoms with van der Waals surface area (Å²) in [4.78, 5) is 0. The molecule has 1 fully saturated rings. The smallest absolute Gasteiger partial charge is 0.146 e. The van der Waals surface area contributed by atoms with E-state index in [9.17, 15) is 4.39 Å². The summed E-state index contributed by atoms with van der Waals surface area (Å²) in [7, 11) is 0. The minimum Gasteiger partial charge on any atom is -0.364 e. The van der Waals surface area contributed by atoms with Gasteiger partial charge in [-0.2, -0.15) is 10.5 Å². The fraction of sp³-hybridized carbons (Fsp3) is 0.429. The van der Waals surface area contributed by atoms with Crippen molar-refractivity contribution >= 4 is 0 Å². The second-order valence-electron chi connectivity index (χ2n) is 4.63. The molecule has 1 aliphatic rings. The average Bonchev–Trinajstić information content (AvgIpc) is 3.17. The third-order valence-corrected chi connectivity index (χ3v) is 3.46. The highest BCUT2D eigenvalue weighted by atomic mass is 19.1. The fourth-order valence-corrected chi connectivity index (χ4v) is 2.10. The first kappa shape index (κ1) is 12.5. The normalized spacial score (nSPS) is 22.0. The van der Waals surface area contributed by atoms with Crippen molar-refractivity contribution in [3.8, 4) is 12.1 Å². The molecule has 3 nitrogen and oxygen atoms in total. The van der Waals surface area contributed by atoms with Crippen LogP contribution in [0.25, 0.3) is 0 Å². The van der Waals surface area contributed by atoms with Gasteiger partial charge in [0.25, 0.3) is 0 Å². The Balaban J connectivity index is 2.29. The summed E-state index contributed by atoms with van der Waals surface area (Å²) in [6.07, 6.45) is 0.716. The minimum absolute atomic E-state index is 0.285. The van der Waals surface area contributed by atoms with Crippen LogP contribution in [0.1, 0.15) is 25.3 Å². The van der Waals surface area contributed by atoms with Gasteiger partial charge in [0.15, 0.2) is 0 Å². The van der Waals surface area contributed by atoms with Crippen LogP contribution in [-0.2, 0) is 10.3 Å². The van der Waals surface area contributed by atoms with Crippen LogP contribution in [0.4, 0.5) is 4.39 Å². The predicted octanol–water partition coefficient (Wildman–Crippen LogP) is 2.88. The highest BCUT2D eigenvalue weighted by Gasteiger charge is 2.52. The Morgan fingerprint density at radius 3 is 2.56 bits per heavy atom. The predicted molar refractivity (Wildman–Crippen MR) is 62.6 cm³/mol. The lowest BCUT2D eigenvalue weighted by Crippen LogP contribution is -2.24. The molecule has 1 heterocycles. The summed E-state index contributed by atoms with van der Waals surface area (Å²) < 4.78 is 18.6. The molecular formula is C14H13FN2O. The zero-order chi connectivity index (χ0) is 13.2. The van der Waals surface area contributed by atoms with Gasteiger partial charge in [0.1, 0.15) is 16.8 Å². The number of rotatable bonds is 4. The van der Waals surface area contributed by atoms with E-state index in [0.29, 0.717) is 18.6 Å². The molecule has 1 saturated heterocycles. The number of ether oxygens (including phenoxy) is 1.